The summed E-state index contributed by atoms with van der Waals surface area (Å²) in [7, 11) is 2.63. The molecule has 0 fully saturated rings. The van der Waals surface area contributed by atoms with E-state index in [-0.39, 0.29) is 11.7 Å². The van der Waals surface area contributed by atoms with Crippen LogP contribution in [0.3, 0.4) is 0 Å². The van der Waals surface area contributed by atoms with Crippen molar-refractivity contribution in [1.82, 2.24) is 25.0 Å². The zero-order valence-electron chi connectivity index (χ0n) is 16.6. The van der Waals surface area contributed by atoms with Gasteiger partial charge in [0.2, 0.25) is 5.69 Å². The van der Waals surface area contributed by atoms with Gasteiger partial charge in [0.25, 0.3) is 0 Å². The molecule has 0 aliphatic rings. The van der Waals surface area contributed by atoms with Gasteiger partial charge in [0.05, 0.1) is 29.3 Å². The average Bonchev–Trinajstić information content (AvgIpc) is 3.40. The van der Waals surface area contributed by atoms with Gasteiger partial charge in [-0.05, 0) is 12.1 Å². The zero-order chi connectivity index (χ0) is 23.5. The zero-order valence-corrected chi connectivity index (χ0v) is 19.0. The molecule has 32 heavy (non-hydrogen) atoms. The number of ether oxygens (including phenoxy) is 1. The molecule has 172 valence electrons. The largest absolute Gasteiger partial charge is 0.438 e. The van der Waals surface area contributed by atoms with Crippen molar-refractivity contribution in [1.29, 1.82) is 0 Å². The number of aryl methyl sites for hydroxylation is 1. The van der Waals surface area contributed by atoms with Crippen molar-refractivity contribution in [3.63, 3.8) is 0 Å². The van der Waals surface area contributed by atoms with Crippen LogP contribution >= 0.6 is 34.3 Å². The van der Waals surface area contributed by atoms with Gasteiger partial charge in [0.15, 0.2) is 10.9 Å². The number of carbonyl (C=O) groups is 2. The lowest BCUT2D eigenvalue weighted by Gasteiger charge is -2.15. The van der Waals surface area contributed by atoms with E-state index in [1.807, 2.05) is 0 Å². The van der Waals surface area contributed by atoms with E-state index in [1.165, 1.54) is 25.4 Å². The average molecular weight is 509 g/mol. The molecule has 3 aromatic heterocycles. The molecule has 15 heteroatoms. The van der Waals surface area contributed by atoms with E-state index in [9.17, 15) is 22.8 Å². The summed E-state index contributed by atoms with van der Waals surface area (Å²) < 4.78 is 45.3. The van der Waals surface area contributed by atoms with Crippen LogP contribution in [0.5, 0.6) is 5.75 Å². The Morgan fingerprint density at radius 2 is 2.09 bits per heavy atom. The summed E-state index contributed by atoms with van der Waals surface area (Å²) in [4.78, 5) is 30.3. The molecule has 0 aliphatic carbocycles. The molecule has 3 amide bonds. The van der Waals surface area contributed by atoms with Crippen LogP contribution in [-0.2, 0) is 26.3 Å². The van der Waals surface area contributed by atoms with Crippen molar-refractivity contribution in [2.75, 3.05) is 12.4 Å². The van der Waals surface area contributed by atoms with Crippen molar-refractivity contribution in [3.05, 3.63) is 44.3 Å². The number of urea groups is 1. The van der Waals surface area contributed by atoms with Crippen LogP contribution in [-0.4, -0.2) is 38.8 Å². The lowest BCUT2D eigenvalue weighted by Crippen LogP contribution is -2.30. The molecule has 3 heterocycles. The third-order valence-electron chi connectivity index (χ3n) is 3.80. The molecule has 3 aromatic rings. The molecule has 0 radical (unpaired) electrons. The molecule has 0 bridgehead atoms. The maximum atomic E-state index is 13.0. The Morgan fingerprint density at radius 1 is 1.34 bits per heavy atom. The second kappa shape index (κ2) is 9.75. The first-order valence-corrected chi connectivity index (χ1v) is 10.9. The van der Waals surface area contributed by atoms with Crippen LogP contribution in [0.15, 0.2) is 23.7 Å². The van der Waals surface area contributed by atoms with E-state index in [1.54, 1.807) is 17.5 Å². The lowest BCUT2D eigenvalue weighted by atomic mass is 10.4. The summed E-state index contributed by atoms with van der Waals surface area (Å²) in [6, 6.07) is 3.06. The molecule has 0 aromatic carbocycles. The third-order valence-corrected chi connectivity index (χ3v) is 5.83. The highest BCUT2D eigenvalue weighted by Gasteiger charge is 2.39. The van der Waals surface area contributed by atoms with Crippen molar-refractivity contribution in [2.24, 2.45) is 7.05 Å². The highest BCUT2D eigenvalue weighted by Crippen LogP contribution is 2.35. The Balaban J connectivity index is 1.52. The number of nitrogens with one attached hydrogen (secondary N) is 2. The number of thiazole rings is 1. The minimum Gasteiger partial charge on any atom is -0.406 e. The Morgan fingerprint density at radius 3 is 2.75 bits per heavy atom. The second-order valence-corrected chi connectivity index (χ2v) is 9.05. The SMILES string of the molecule is CN(Cc1csc(NC(=O)NCc2ccc(Cl)s2)n1)C(=O)Oc1cn(C)nc1C(F)(F)F. The minimum absolute atomic E-state index is 0.0477. The number of amides is 3. The predicted octanol–water partition coefficient (Wildman–Crippen LogP) is 4.56. The molecule has 3 rings (SSSR count). The second-order valence-electron chi connectivity index (χ2n) is 6.39. The Kier molecular flexibility index (Phi) is 7.26. The number of anilines is 1. The van der Waals surface area contributed by atoms with E-state index in [0.717, 1.165) is 32.0 Å². The maximum Gasteiger partial charge on any atom is 0.438 e. The third kappa shape index (κ3) is 6.34. The molecule has 0 saturated heterocycles. The highest BCUT2D eigenvalue weighted by atomic mass is 35.5. The number of hydrogen-bond acceptors (Lipinski definition) is 7. The Bertz CT molecular complexity index is 1110. The Labute approximate surface area is 192 Å². The fraction of sp³-hybridized carbons (Fsp3) is 0.294. The van der Waals surface area contributed by atoms with Gasteiger partial charge in [-0.1, -0.05) is 11.6 Å². The van der Waals surface area contributed by atoms with Crippen molar-refractivity contribution in [2.45, 2.75) is 19.3 Å². The van der Waals surface area contributed by atoms with Crippen LogP contribution in [0.4, 0.5) is 27.9 Å². The quantitative estimate of drug-likeness (QED) is 0.508. The summed E-state index contributed by atoms with van der Waals surface area (Å²) in [5.74, 6) is -0.693. The first-order chi connectivity index (χ1) is 15.0. The number of hydrogen-bond donors (Lipinski definition) is 2. The van der Waals surface area contributed by atoms with E-state index in [0.29, 0.717) is 16.6 Å². The number of halogens is 4. The fourth-order valence-corrected chi connectivity index (χ4v) is 4.13. The van der Waals surface area contributed by atoms with Crippen LogP contribution in [0.25, 0.3) is 0 Å². The maximum absolute atomic E-state index is 13.0. The molecule has 2 N–H and O–H groups in total. The van der Waals surface area contributed by atoms with Gasteiger partial charge in [-0.25, -0.2) is 14.6 Å². The first-order valence-electron chi connectivity index (χ1n) is 8.78. The highest BCUT2D eigenvalue weighted by molar-refractivity contribution is 7.16. The number of nitrogens with zero attached hydrogens (tertiary/aromatic N) is 4. The van der Waals surface area contributed by atoms with Gasteiger partial charge in [0.1, 0.15) is 0 Å². The van der Waals surface area contributed by atoms with E-state index in [4.69, 9.17) is 16.3 Å². The van der Waals surface area contributed by atoms with Crippen molar-refractivity contribution >= 4 is 51.5 Å². The van der Waals surface area contributed by atoms with Gasteiger partial charge >= 0.3 is 18.3 Å². The molecule has 0 saturated carbocycles. The first kappa shape index (κ1) is 23.8. The summed E-state index contributed by atoms with van der Waals surface area (Å²) >= 11 is 8.31. The van der Waals surface area contributed by atoms with E-state index in [2.05, 4.69) is 20.7 Å². The van der Waals surface area contributed by atoms with Crippen LogP contribution < -0.4 is 15.4 Å². The fourth-order valence-electron chi connectivity index (χ4n) is 2.41. The number of carbonyl (C=O) groups excluding carboxylic acids is 2. The van der Waals surface area contributed by atoms with Gasteiger partial charge in [0, 0.05) is 24.4 Å². The monoisotopic (exact) mass is 508 g/mol. The standard InChI is InChI=1S/C17H16ClF3N6O3S2/c1-26(16(29)30-11-7-27(2)25-13(11)17(19,20)21)6-9-8-31-15(23-9)24-14(28)22-5-10-3-4-12(18)32-10/h3-4,7-8H,5-6H2,1-2H3,(H2,22,23,24,28). The lowest BCUT2D eigenvalue weighted by molar-refractivity contribution is -0.142. The van der Waals surface area contributed by atoms with Gasteiger partial charge in [-0.3, -0.25) is 10.00 Å². The molecule has 0 aliphatic heterocycles. The number of alkyl halides is 3. The van der Waals surface area contributed by atoms with E-state index < -0.39 is 29.7 Å². The topological polar surface area (TPSA) is 101 Å². The number of rotatable bonds is 6. The van der Waals surface area contributed by atoms with Crippen molar-refractivity contribution in [3.8, 4) is 5.75 Å². The summed E-state index contributed by atoms with van der Waals surface area (Å²) in [6.45, 7) is 0.248. The molecular weight excluding hydrogens is 493 g/mol. The predicted molar refractivity (Wildman–Crippen MR) is 113 cm³/mol. The molecule has 0 atom stereocenters. The van der Waals surface area contributed by atoms with Gasteiger partial charge < -0.3 is 15.0 Å². The van der Waals surface area contributed by atoms with Crippen molar-refractivity contribution < 1.29 is 27.5 Å². The summed E-state index contributed by atoms with van der Waals surface area (Å²) in [6.07, 6.45) is -4.82. The number of aromatic nitrogens is 3. The molecule has 0 spiro atoms. The molecular formula is C17H16ClF3N6O3S2. The summed E-state index contributed by atoms with van der Waals surface area (Å²) in [5, 5.41) is 10.4. The minimum atomic E-state index is -4.76. The van der Waals surface area contributed by atoms with Crippen LogP contribution in [0.1, 0.15) is 16.3 Å². The Hall–Kier alpha value is -2.84. The number of thiophene rings is 1. The van der Waals surface area contributed by atoms with Gasteiger partial charge in [-0.2, -0.15) is 18.3 Å². The van der Waals surface area contributed by atoms with Crippen LogP contribution in [0.2, 0.25) is 4.34 Å². The van der Waals surface area contributed by atoms with Crippen LogP contribution in [0, 0.1) is 0 Å². The van der Waals surface area contributed by atoms with Gasteiger partial charge in [-0.15, -0.1) is 22.7 Å². The normalized spacial score (nSPS) is 11.3. The molecule has 9 nitrogen and oxygen atoms in total. The van der Waals surface area contributed by atoms with E-state index >= 15 is 0 Å². The smallest absolute Gasteiger partial charge is 0.406 e. The molecule has 0 unspecified atom stereocenters. The summed E-state index contributed by atoms with van der Waals surface area (Å²) in [5.41, 5.74) is -0.880.